The van der Waals surface area contributed by atoms with Crippen molar-refractivity contribution in [1.82, 2.24) is 5.32 Å². The van der Waals surface area contributed by atoms with Crippen molar-refractivity contribution in [2.75, 3.05) is 11.5 Å². The third-order valence-corrected chi connectivity index (χ3v) is 4.15. The molecule has 0 heterocycles. The van der Waals surface area contributed by atoms with Crippen LogP contribution in [0.15, 0.2) is 30.3 Å². The second-order valence-electron chi connectivity index (χ2n) is 4.73. The zero-order chi connectivity index (χ0) is 13.7. The molecule has 0 radical (unpaired) electrons. The van der Waals surface area contributed by atoms with Crippen LogP contribution in [0.5, 0.6) is 0 Å². The van der Waals surface area contributed by atoms with Gasteiger partial charge in [0.1, 0.15) is 0 Å². The van der Waals surface area contributed by atoms with Gasteiger partial charge in [0.15, 0.2) is 0 Å². The van der Waals surface area contributed by atoms with Gasteiger partial charge in [0.2, 0.25) is 5.91 Å². The van der Waals surface area contributed by atoms with E-state index in [1.54, 1.807) is 0 Å². The lowest BCUT2D eigenvalue weighted by molar-refractivity contribution is -0.133. The van der Waals surface area contributed by atoms with Gasteiger partial charge in [-0.1, -0.05) is 30.3 Å². The first-order chi connectivity index (χ1) is 9.15. The van der Waals surface area contributed by atoms with E-state index < -0.39 is 5.97 Å². The highest BCUT2D eigenvalue weighted by atomic mass is 32.2. The maximum absolute atomic E-state index is 11.5. The van der Waals surface area contributed by atoms with Gasteiger partial charge in [0.05, 0.1) is 11.5 Å². The molecule has 0 spiro atoms. The number of aliphatic carboxylic acids is 1. The Morgan fingerprint density at radius 1 is 1.21 bits per heavy atom. The Hall–Kier alpha value is -1.49. The van der Waals surface area contributed by atoms with Crippen LogP contribution >= 0.6 is 11.8 Å². The smallest absolute Gasteiger partial charge is 0.313 e. The van der Waals surface area contributed by atoms with Crippen LogP contribution in [0.4, 0.5) is 0 Å². The van der Waals surface area contributed by atoms with Crippen molar-refractivity contribution in [3.8, 4) is 0 Å². The Bertz CT molecular complexity index is 443. The highest BCUT2D eigenvalue weighted by Gasteiger charge is 2.30. The second kappa shape index (κ2) is 6.61. The van der Waals surface area contributed by atoms with Gasteiger partial charge >= 0.3 is 5.97 Å². The number of thioether (sulfide) groups is 1. The summed E-state index contributed by atoms with van der Waals surface area (Å²) in [5.74, 6) is -0.213. The Morgan fingerprint density at radius 3 is 2.53 bits per heavy atom. The predicted molar refractivity (Wildman–Crippen MR) is 75.3 cm³/mol. The maximum atomic E-state index is 11.5. The molecule has 19 heavy (non-hydrogen) atoms. The van der Waals surface area contributed by atoms with Crippen molar-refractivity contribution in [3.63, 3.8) is 0 Å². The molecule has 1 aliphatic carbocycles. The molecule has 102 valence electrons. The van der Waals surface area contributed by atoms with Crippen molar-refractivity contribution in [2.24, 2.45) is 0 Å². The first-order valence-electron chi connectivity index (χ1n) is 6.29. The summed E-state index contributed by atoms with van der Waals surface area (Å²) in [5.41, 5.74) is 1.33. The SMILES string of the molecule is O=C(O)CSCC(=O)NC1CC(c2ccccc2)C1. The Kier molecular flexibility index (Phi) is 4.85. The average Bonchev–Trinajstić information content (AvgIpc) is 2.34. The number of hydrogen-bond donors (Lipinski definition) is 2. The summed E-state index contributed by atoms with van der Waals surface area (Å²) in [4.78, 5) is 21.9. The van der Waals surface area contributed by atoms with Crippen molar-refractivity contribution in [3.05, 3.63) is 35.9 Å². The van der Waals surface area contributed by atoms with Gasteiger partial charge in [-0.15, -0.1) is 11.8 Å². The molecule has 1 aromatic rings. The molecule has 0 atom stereocenters. The van der Waals surface area contributed by atoms with Gasteiger partial charge in [0.25, 0.3) is 0 Å². The first kappa shape index (κ1) is 13.9. The number of nitrogens with one attached hydrogen (secondary N) is 1. The maximum Gasteiger partial charge on any atom is 0.313 e. The van der Waals surface area contributed by atoms with E-state index in [2.05, 4.69) is 17.4 Å². The minimum absolute atomic E-state index is 0.0231. The fourth-order valence-corrected chi connectivity index (χ4v) is 2.78. The molecule has 0 unspecified atom stereocenters. The lowest BCUT2D eigenvalue weighted by Crippen LogP contribution is -2.44. The molecule has 0 saturated heterocycles. The number of benzene rings is 1. The molecular weight excluding hydrogens is 262 g/mol. The summed E-state index contributed by atoms with van der Waals surface area (Å²) in [6.45, 7) is 0. The zero-order valence-electron chi connectivity index (χ0n) is 10.5. The van der Waals surface area contributed by atoms with Crippen molar-refractivity contribution in [1.29, 1.82) is 0 Å². The van der Waals surface area contributed by atoms with E-state index in [1.807, 2.05) is 18.2 Å². The van der Waals surface area contributed by atoms with E-state index in [1.165, 1.54) is 5.56 Å². The molecule has 1 amide bonds. The molecule has 0 bridgehead atoms. The third-order valence-electron chi connectivity index (χ3n) is 3.23. The van der Waals surface area contributed by atoms with Crippen LogP contribution < -0.4 is 5.32 Å². The Balaban J connectivity index is 1.65. The first-order valence-corrected chi connectivity index (χ1v) is 7.44. The number of carboxylic acid groups (broad SMARTS) is 1. The standard InChI is InChI=1S/C14H17NO3S/c16-13(8-19-9-14(17)18)15-12-6-11(7-12)10-4-2-1-3-5-10/h1-5,11-12H,6-9H2,(H,15,16)(H,17,18). The molecular formula is C14H17NO3S. The van der Waals surface area contributed by atoms with E-state index in [0.29, 0.717) is 5.92 Å². The fraction of sp³-hybridized carbons (Fsp3) is 0.429. The minimum atomic E-state index is -0.884. The molecule has 1 aliphatic rings. The average molecular weight is 279 g/mol. The van der Waals surface area contributed by atoms with E-state index in [-0.39, 0.29) is 23.5 Å². The normalized spacial score (nSPS) is 21.5. The van der Waals surface area contributed by atoms with E-state index in [4.69, 9.17) is 5.11 Å². The number of rotatable bonds is 6. The van der Waals surface area contributed by atoms with E-state index >= 15 is 0 Å². The highest BCUT2D eigenvalue weighted by Crippen LogP contribution is 2.36. The summed E-state index contributed by atoms with van der Waals surface area (Å²) >= 11 is 1.13. The topological polar surface area (TPSA) is 66.4 Å². The van der Waals surface area contributed by atoms with Crippen LogP contribution in [0, 0.1) is 0 Å². The molecule has 2 rings (SSSR count). The Morgan fingerprint density at radius 2 is 1.89 bits per heavy atom. The summed E-state index contributed by atoms with van der Waals surface area (Å²) in [7, 11) is 0. The molecule has 1 fully saturated rings. The van der Waals surface area contributed by atoms with Gasteiger partial charge in [-0.05, 0) is 24.3 Å². The fourth-order valence-electron chi connectivity index (χ4n) is 2.23. The van der Waals surface area contributed by atoms with Crippen LogP contribution in [0.25, 0.3) is 0 Å². The Labute approximate surface area is 116 Å². The third kappa shape index (κ3) is 4.28. The van der Waals surface area contributed by atoms with Crippen molar-refractivity contribution >= 4 is 23.6 Å². The number of carbonyl (C=O) groups excluding carboxylic acids is 1. The van der Waals surface area contributed by atoms with Gasteiger partial charge in [0, 0.05) is 6.04 Å². The van der Waals surface area contributed by atoms with Gasteiger partial charge in [-0.25, -0.2) is 0 Å². The highest BCUT2D eigenvalue weighted by molar-refractivity contribution is 8.00. The number of carbonyl (C=O) groups is 2. The van der Waals surface area contributed by atoms with Crippen LogP contribution in [0.2, 0.25) is 0 Å². The van der Waals surface area contributed by atoms with Crippen molar-refractivity contribution in [2.45, 2.75) is 24.8 Å². The summed E-state index contributed by atoms with van der Waals surface area (Å²) in [6.07, 6.45) is 1.94. The number of carboxylic acids is 1. The molecule has 2 N–H and O–H groups in total. The van der Waals surface area contributed by atoms with Gasteiger partial charge in [-0.3, -0.25) is 9.59 Å². The van der Waals surface area contributed by atoms with Gasteiger partial charge < -0.3 is 10.4 Å². The number of hydrogen-bond acceptors (Lipinski definition) is 3. The predicted octanol–water partition coefficient (Wildman–Crippen LogP) is 1.87. The minimum Gasteiger partial charge on any atom is -0.481 e. The van der Waals surface area contributed by atoms with Crippen LogP contribution in [0.3, 0.4) is 0 Å². The second-order valence-corrected chi connectivity index (χ2v) is 5.72. The molecule has 1 aromatic carbocycles. The lowest BCUT2D eigenvalue weighted by Gasteiger charge is -2.36. The van der Waals surface area contributed by atoms with E-state index in [9.17, 15) is 9.59 Å². The molecule has 5 heteroatoms. The van der Waals surface area contributed by atoms with E-state index in [0.717, 1.165) is 24.6 Å². The molecule has 4 nitrogen and oxygen atoms in total. The van der Waals surface area contributed by atoms with Gasteiger partial charge in [-0.2, -0.15) is 0 Å². The van der Waals surface area contributed by atoms with Crippen LogP contribution in [0.1, 0.15) is 24.3 Å². The summed E-state index contributed by atoms with van der Waals surface area (Å²) in [5, 5.41) is 11.4. The number of amides is 1. The molecule has 1 saturated carbocycles. The van der Waals surface area contributed by atoms with Crippen molar-refractivity contribution < 1.29 is 14.7 Å². The zero-order valence-corrected chi connectivity index (χ0v) is 11.4. The molecule has 0 aliphatic heterocycles. The van der Waals surface area contributed by atoms with Crippen LogP contribution in [-0.2, 0) is 9.59 Å². The monoisotopic (exact) mass is 279 g/mol. The lowest BCUT2D eigenvalue weighted by atomic mass is 9.76. The molecule has 0 aromatic heterocycles. The summed E-state index contributed by atoms with van der Waals surface area (Å²) in [6, 6.07) is 10.5. The van der Waals surface area contributed by atoms with Crippen LogP contribution in [-0.4, -0.2) is 34.5 Å². The quantitative estimate of drug-likeness (QED) is 0.834. The largest absolute Gasteiger partial charge is 0.481 e. The summed E-state index contributed by atoms with van der Waals surface area (Å²) < 4.78 is 0.